The van der Waals surface area contributed by atoms with Crippen LogP contribution in [0.1, 0.15) is 32.1 Å². The molecule has 2 fully saturated rings. The molecule has 0 amide bonds. The summed E-state index contributed by atoms with van der Waals surface area (Å²) in [7, 11) is 1.71. The Bertz CT molecular complexity index is 629. The van der Waals surface area contributed by atoms with Crippen molar-refractivity contribution in [3.8, 4) is 18.1 Å². The molecule has 2 aliphatic rings. The minimum atomic E-state index is -0.505. The van der Waals surface area contributed by atoms with E-state index in [1.807, 2.05) is 18.2 Å². The number of hydrogen-bond acceptors (Lipinski definition) is 5. The van der Waals surface area contributed by atoms with Gasteiger partial charge in [0, 0.05) is 32.7 Å². The molecule has 1 heterocycles. The summed E-state index contributed by atoms with van der Waals surface area (Å²) in [5.41, 5.74) is 0.679. The summed E-state index contributed by atoms with van der Waals surface area (Å²) < 4.78 is 11.5. The van der Waals surface area contributed by atoms with Crippen molar-refractivity contribution in [2.24, 2.45) is 0 Å². The molecule has 27 heavy (non-hydrogen) atoms. The zero-order valence-corrected chi connectivity index (χ0v) is 16.4. The molecule has 1 aliphatic heterocycles. The molecule has 0 aromatic heterocycles. The molecule has 0 unspecified atom stereocenters. The lowest BCUT2D eigenvalue weighted by Crippen LogP contribution is -2.49. The summed E-state index contributed by atoms with van der Waals surface area (Å²) in [5, 5.41) is 10.4. The number of ether oxygens (including phenoxy) is 2. The number of hydrogen-bond donors (Lipinski definition) is 1. The van der Waals surface area contributed by atoms with Crippen molar-refractivity contribution in [2.45, 2.75) is 43.8 Å². The molecule has 1 aliphatic carbocycles. The third-order valence-electron chi connectivity index (χ3n) is 5.74. The zero-order chi connectivity index (χ0) is 19.1. The molecule has 1 aromatic rings. The summed E-state index contributed by atoms with van der Waals surface area (Å²) in [6.45, 7) is 4.60. The Kier molecular flexibility index (Phi) is 7.01. The first-order chi connectivity index (χ1) is 13.2. The molecule has 0 spiro atoms. The van der Waals surface area contributed by atoms with Gasteiger partial charge in [0.05, 0.1) is 25.5 Å². The number of β-amino-alcohol motifs (C(OH)–C–C–N with tert-alkyl or cyclic N) is 1. The Morgan fingerprint density at radius 2 is 1.85 bits per heavy atom. The normalized spacial score (nSPS) is 21.4. The smallest absolute Gasteiger partial charge is 0.142 e. The van der Waals surface area contributed by atoms with Gasteiger partial charge in [-0.05, 0) is 37.8 Å². The van der Waals surface area contributed by atoms with Gasteiger partial charge >= 0.3 is 0 Å². The van der Waals surface area contributed by atoms with E-state index < -0.39 is 11.7 Å². The summed E-state index contributed by atoms with van der Waals surface area (Å²) in [4.78, 5) is 4.64. The predicted molar refractivity (Wildman–Crippen MR) is 108 cm³/mol. The van der Waals surface area contributed by atoms with Gasteiger partial charge in [-0.2, -0.15) is 0 Å². The molecule has 3 rings (SSSR count). The Hall–Kier alpha value is -1.74. The Morgan fingerprint density at radius 1 is 1.15 bits per heavy atom. The number of para-hydroxylation sites is 2. The van der Waals surface area contributed by atoms with E-state index in [0.717, 1.165) is 63.3 Å². The van der Waals surface area contributed by atoms with E-state index in [2.05, 4.69) is 21.8 Å². The summed E-state index contributed by atoms with van der Waals surface area (Å²) in [6, 6.07) is 8.12. The van der Waals surface area contributed by atoms with Gasteiger partial charge in [-0.25, -0.2) is 0 Å². The van der Waals surface area contributed by atoms with Crippen LogP contribution >= 0.6 is 0 Å². The molecule has 1 atom stereocenters. The van der Waals surface area contributed by atoms with Gasteiger partial charge < -0.3 is 19.5 Å². The number of nitrogens with zero attached hydrogens (tertiary/aromatic N) is 2. The summed E-state index contributed by atoms with van der Waals surface area (Å²) in [5.74, 6) is 3.75. The van der Waals surface area contributed by atoms with Crippen molar-refractivity contribution in [3.05, 3.63) is 24.3 Å². The van der Waals surface area contributed by atoms with Crippen molar-refractivity contribution in [2.75, 3.05) is 51.3 Å². The second kappa shape index (κ2) is 9.45. The van der Waals surface area contributed by atoms with E-state index in [-0.39, 0.29) is 0 Å². The van der Waals surface area contributed by atoms with Crippen LogP contribution in [-0.2, 0) is 4.74 Å². The Labute approximate surface area is 163 Å². The average molecular weight is 373 g/mol. The predicted octanol–water partition coefficient (Wildman–Crippen LogP) is 2.53. The minimum absolute atomic E-state index is 0.316. The number of terminal acetylenes is 1. The number of benzene rings is 1. The average Bonchev–Trinajstić information content (AvgIpc) is 2.73. The van der Waals surface area contributed by atoms with Gasteiger partial charge in [-0.3, -0.25) is 4.90 Å². The molecular formula is C22H32N2O3. The van der Waals surface area contributed by atoms with Gasteiger partial charge in [0.25, 0.3) is 0 Å². The van der Waals surface area contributed by atoms with Crippen LogP contribution in [0, 0.1) is 12.3 Å². The lowest BCUT2D eigenvalue weighted by atomic mass is 9.85. The fourth-order valence-electron chi connectivity index (χ4n) is 4.12. The van der Waals surface area contributed by atoms with Crippen LogP contribution in [0.5, 0.6) is 5.75 Å². The molecule has 1 saturated heterocycles. The van der Waals surface area contributed by atoms with E-state index in [4.69, 9.17) is 15.9 Å². The number of anilines is 1. The molecule has 1 saturated carbocycles. The van der Waals surface area contributed by atoms with Crippen LogP contribution in [0.4, 0.5) is 5.69 Å². The second-order valence-electron chi connectivity index (χ2n) is 7.62. The lowest BCUT2D eigenvalue weighted by molar-refractivity contribution is -0.0698. The first-order valence-corrected chi connectivity index (χ1v) is 10.1. The zero-order valence-electron chi connectivity index (χ0n) is 16.4. The molecule has 0 bridgehead atoms. The third-order valence-corrected chi connectivity index (χ3v) is 5.74. The van der Waals surface area contributed by atoms with Crippen molar-refractivity contribution in [1.29, 1.82) is 0 Å². The second-order valence-corrected chi connectivity index (χ2v) is 7.62. The van der Waals surface area contributed by atoms with Crippen LogP contribution < -0.4 is 9.64 Å². The molecule has 5 heteroatoms. The molecule has 1 N–H and O–H groups in total. The van der Waals surface area contributed by atoms with Crippen LogP contribution in [0.25, 0.3) is 0 Å². The standard InChI is InChI=1S/C22H32N2O3/c1-3-22(11-7-4-8-12-22)27-18-19(25)17-23-13-15-24(16-14-23)20-9-5-6-10-21(20)26-2/h1,5-6,9-10,19,25H,4,7-8,11-18H2,2H3/t19-/m0/s1. The fourth-order valence-corrected chi connectivity index (χ4v) is 4.12. The van der Waals surface area contributed by atoms with Gasteiger partial charge in [-0.1, -0.05) is 24.5 Å². The number of rotatable bonds is 7. The van der Waals surface area contributed by atoms with E-state index in [1.165, 1.54) is 6.42 Å². The Morgan fingerprint density at radius 3 is 2.52 bits per heavy atom. The van der Waals surface area contributed by atoms with Gasteiger partial charge in [-0.15, -0.1) is 6.42 Å². The van der Waals surface area contributed by atoms with E-state index in [0.29, 0.717) is 13.2 Å². The molecule has 5 nitrogen and oxygen atoms in total. The number of aliphatic hydroxyl groups excluding tert-OH is 1. The van der Waals surface area contributed by atoms with Crippen molar-refractivity contribution in [3.63, 3.8) is 0 Å². The molecular weight excluding hydrogens is 340 g/mol. The highest BCUT2D eigenvalue weighted by molar-refractivity contribution is 5.58. The number of aliphatic hydroxyl groups is 1. The number of methoxy groups -OCH3 is 1. The van der Waals surface area contributed by atoms with E-state index in [9.17, 15) is 5.11 Å². The van der Waals surface area contributed by atoms with Crippen LogP contribution in [-0.4, -0.2) is 68.2 Å². The molecule has 1 aromatic carbocycles. The van der Waals surface area contributed by atoms with E-state index in [1.54, 1.807) is 7.11 Å². The van der Waals surface area contributed by atoms with Crippen molar-refractivity contribution in [1.82, 2.24) is 4.90 Å². The van der Waals surface area contributed by atoms with Crippen molar-refractivity contribution >= 4 is 5.69 Å². The highest BCUT2D eigenvalue weighted by atomic mass is 16.5. The Balaban J connectivity index is 1.44. The first-order valence-electron chi connectivity index (χ1n) is 10.1. The highest BCUT2D eigenvalue weighted by Crippen LogP contribution is 2.31. The van der Waals surface area contributed by atoms with Crippen molar-refractivity contribution < 1.29 is 14.6 Å². The quantitative estimate of drug-likeness (QED) is 0.745. The number of piperazine rings is 1. The minimum Gasteiger partial charge on any atom is -0.495 e. The SMILES string of the molecule is C#CC1(OC[C@@H](O)CN2CCN(c3ccccc3OC)CC2)CCCCC1. The highest BCUT2D eigenvalue weighted by Gasteiger charge is 2.31. The topological polar surface area (TPSA) is 45.2 Å². The molecule has 148 valence electrons. The van der Waals surface area contributed by atoms with Crippen LogP contribution in [0.2, 0.25) is 0 Å². The van der Waals surface area contributed by atoms with Crippen LogP contribution in [0.15, 0.2) is 24.3 Å². The van der Waals surface area contributed by atoms with Crippen LogP contribution in [0.3, 0.4) is 0 Å². The van der Waals surface area contributed by atoms with Gasteiger partial charge in [0.2, 0.25) is 0 Å². The maximum absolute atomic E-state index is 10.4. The lowest BCUT2D eigenvalue weighted by Gasteiger charge is -2.38. The third kappa shape index (κ3) is 5.16. The first kappa shape index (κ1) is 20.0. The summed E-state index contributed by atoms with van der Waals surface area (Å²) in [6.07, 6.45) is 10.5. The fraction of sp³-hybridized carbons (Fsp3) is 0.636. The largest absolute Gasteiger partial charge is 0.495 e. The van der Waals surface area contributed by atoms with E-state index >= 15 is 0 Å². The van der Waals surface area contributed by atoms with Gasteiger partial charge in [0.15, 0.2) is 0 Å². The maximum Gasteiger partial charge on any atom is 0.142 e. The maximum atomic E-state index is 10.4. The molecule has 0 radical (unpaired) electrons. The van der Waals surface area contributed by atoms with Gasteiger partial charge in [0.1, 0.15) is 11.4 Å². The summed E-state index contributed by atoms with van der Waals surface area (Å²) >= 11 is 0. The monoisotopic (exact) mass is 372 g/mol.